The summed E-state index contributed by atoms with van der Waals surface area (Å²) in [6.45, 7) is 5.84. The number of rotatable bonds is 14. The Bertz CT molecular complexity index is 2040. The molecule has 16 nitrogen and oxygen atoms in total. The maximum absolute atomic E-state index is 13.5. The molecule has 7 N–H and O–H groups in total. The Labute approximate surface area is 275 Å². The van der Waals surface area contributed by atoms with Gasteiger partial charge in [-0.05, 0) is 57.0 Å². The molecule has 0 unspecified atom stereocenters. The number of benzene rings is 2. The topological polar surface area (TPSA) is 222 Å². The molecule has 0 radical (unpaired) electrons. The van der Waals surface area contributed by atoms with Gasteiger partial charge in [-0.2, -0.15) is 5.10 Å². The number of nitrogens with zero attached hydrogens (tertiary/aromatic N) is 6. The van der Waals surface area contributed by atoms with Gasteiger partial charge in [-0.15, -0.1) is 0 Å². The maximum Gasteiger partial charge on any atom is 0.276 e. The van der Waals surface area contributed by atoms with Crippen LogP contribution in [0, 0.1) is 6.92 Å². The number of hydrogen-bond donors (Lipinski definition) is 4. The molecule has 2 aromatic carbocycles. The second kappa shape index (κ2) is 13.2. The maximum atomic E-state index is 13.5. The molecular weight excluding hydrogens is 620 g/mol. The third-order valence-electron chi connectivity index (χ3n) is 8.28. The molecule has 252 valence electrons. The van der Waals surface area contributed by atoms with Gasteiger partial charge in [0.1, 0.15) is 34.8 Å². The summed E-state index contributed by atoms with van der Waals surface area (Å²) in [5.41, 5.74) is 21.4. The standard InChI is InChI=1S/C32H38N10O6/c1-4-41-23(11-17(2)39-41)30(45)38-32-37-22-13-19(29(34)44)15-25-27(22)42(32)20(16-48-25)7-5-8-40-26-21(36-31(40)35)12-18(28(33)43)14-24(26)47-10-6-9-46-3/h11-15,20H,4-10,16H2,1-3H3,(H2,33,43)(H2,34,44)(H2,35,36)(H,37,38,45)/t20-/m0/s1. The molecule has 0 saturated carbocycles. The quantitative estimate of drug-likeness (QED) is 0.128. The number of imidazole rings is 2. The number of methoxy groups -OCH3 is 1. The van der Waals surface area contributed by atoms with Crippen molar-refractivity contribution in [1.29, 1.82) is 0 Å². The number of ether oxygens (including phenoxy) is 3. The predicted molar refractivity (Wildman–Crippen MR) is 177 cm³/mol. The fourth-order valence-corrected chi connectivity index (χ4v) is 6.10. The van der Waals surface area contributed by atoms with E-state index in [-0.39, 0.29) is 35.6 Å². The molecule has 0 fully saturated rings. The van der Waals surface area contributed by atoms with Crippen molar-refractivity contribution in [3.63, 3.8) is 0 Å². The number of aromatic nitrogens is 6. The van der Waals surface area contributed by atoms with E-state index in [1.807, 2.05) is 23.0 Å². The molecule has 1 aliphatic heterocycles. The van der Waals surface area contributed by atoms with Crippen LogP contribution in [-0.2, 0) is 17.8 Å². The Hall–Kier alpha value is -5.64. The summed E-state index contributed by atoms with van der Waals surface area (Å²) in [6.07, 6.45) is 1.86. The van der Waals surface area contributed by atoms with Crippen LogP contribution in [0.15, 0.2) is 30.3 Å². The fourth-order valence-electron chi connectivity index (χ4n) is 6.10. The summed E-state index contributed by atoms with van der Waals surface area (Å²) in [4.78, 5) is 46.8. The first-order valence-electron chi connectivity index (χ1n) is 15.6. The van der Waals surface area contributed by atoms with Crippen LogP contribution in [0.4, 0.5) is 11.9 Å². The number of nitrogens with two attached hydrogens (primary N) is 3. The highest BCUT2D eigenvalue weighted by Gasteiger charge is 2.30. The number of amides is 3. The van der Waals surface area contributed by atoms with Crippen LogP contribution in [0.25, 0.3) is 22.1 Å². The van der Waals surface area contributed by atoms with Crippen molar-refractivity contribution >= 4 is 51.7 Å². The van der Waals surface area contributed by atoms with E-state index in [0.29, 0.717) is 90.8 Å². The summed E-state index contributed by atoms with van der Waals surface area (Å²) in [5, 5.41) is 7.35. The van der Waals surface area contributed by atoms with Crippen LogP contribution in [0.2, 0.25) is 0 Å². The average molecular weight is 659 g/mol. The summed E-state index contributed by atoms with van der Waals surface area (Å²) >= 11 is 0. The SMILES string of the molecule is CCn1nc(C)cc1C(=O)Nc1nc2cc(C(N)=O)cc3c2n1[C@@H](CCCn1c(N)nc2cc(C(N)=O)cc(OCCCOC)c21)CO3. The van der Waals surface area contributed by atoms with Gasteiger partial charge in [0.25, 0.3) is 5.91 Å². The molecule has 0 bridgehead atoms. The van der Waals surface area contributed by atoms with E-state index < -0.39 is 11.8 Å². The summed E-state index contributed by atoms with van der Waals surface area (Å²) in [5.74, 6) is -0.107. The normalized spacial score (nSPS) is 13.9. The summed E-state index contributed by atoms with van der Waals surface area (Å²) < 4.78 is 22.7. The van der Waals surface area contributed by atoms with Gasteiger partial charge in [0.05, 0.1) is 29.4 Å². The lowest BCUT2D eigenvalue weighted by atomic mass is 10.1. The molecule has 5 aromatic rings. The molecule has 4 heterocycles. The van der Waals surface area contributed by atoms with Crippen LogP contribution in [0.3, 0.4) is 0 Å². The smallest absolute Gasteiger partial charge is 0.276 e. The van der Waals surface area contributed by atoms with Crippen molar-refractivity contribution < 1.29 is 28.6 Å². The highest BCUT2D eigenvalue weighted by molar-refractivity contribution is 6.04. The third-order valence-corrected chi connectivity index (χ3v) is 8.28. The second-order valence-corrected chi connectivity index (χ2v) is 11.6. The molecule has 48 heavy (non-hydrogen) atoms. The highest BCUT2D eigenvalue weighted by Crippen LogP contribution is 2.39. The fraction of sp³-hybridized carbons (Fsp3) is 0.375. The number of nitrogens with one attached hydrogen (secondary N) is 1. The molecule has 3 aromatic heterocycles. The van der Waals surface area contributed by atoms with E-state index in [9.17, 15) is 14.4 Å². The van der Waals surface area contributed by atoms with E-state index in [0.717, 1.165) is 5.69 Å². The second-order valence-electron chi connectivity index (χ2n) is 11.6. The molecule has 1 atom stereocenters. The van der Waals surface area contributed by atoms with Crippen molar-refractivity contribution in [3.05, 3.63) is 52.8 Å². The lowest BCUT2D eigenvalue weighted by Gasteiger charge is -2.27. The van der Waals surface area contributed by atoms with E-state index in [2.05, 4.69) is 15.4 Å². The number of carbonyl (C=O) groups is 3. The number of nitrogen functional groups attached to an aromatic ring is 1. The van der Waals surface area contributed by atoms with E-state index in [1.54, 1.807) is 42.1 Å². The van der Waals surface area contributed by atoms with Gasteiger partial charge < -0.3 is 40.5 Å². The van der Waals surface area contributed by atoms with Gasteiger partial charge in [-0.3, -0.25) is 24.4 Å². The molecule has 1 aliphatic rings. The number of aryl methyl sites for hydroxylation is 3. The zero-order valence-electron chi connectivity index (χ0n) is 27.0. The minimum Gasteiger partial charge on any atom is -0.491 e. The van der Waals surface area contributed by atoms with Gasteiger partial charge >= 0.3 is 0 Å². The Morgan fingerprint density at radius 1 is 1.00 bits per heavy atom. The first-order valence-corrected chi connectivity index (χ1v) is 15.6. The number of hydrogen-bond acceptors (Lipinski definition) is 10. The van der Waals surface area contributed by atoms with Crippen LogP contribution in [0.5, 0.6) is 11.5 Å². The largest absolute Gasteiger partial charge is 0.491 e. The zero-order chi connectivity index (χ0) is 34.1. The van der Waals surface area contributed by atoms with Gasteiger partial charge in [0.15, 0.2) is 0 Å². The van der Waals surface area contributed by atoms with Crippen LogP contribution in [-0.4, -0.2) is 73.5 Å². The molecule has 6 rings (SSSR count). The van der Waals surface area contributed by atoms with E-state index in [4.69, 9.17) is 36.4 Å². The predicted octanol–water partition coefficient (Wildman–Crippen LogP) is 2.77. The highest BCUT2D eigenvalue weighted by atomic mass is 16.5. The van der Waals surface area contributed by atoms with Gasteiger partial charge in [-0.25, -0.2) is 9.97 Å². The molecular formula is C32H38N10O6. The Balaban J connectivity index is 1.30. The van der Waals surface area contributed by atoms with Crippen LogP contribution in [0.1, 0.15) is 69.1 Å². The van der Waals surface area contributed by atoms with Crippen molar-refractivity contribution in [1.82, 2.24) is 28.9 Å². The number of anilines is 2. The number of carbonyl (C=O) groups excluding carboxylic acids is 3. The van der Waals surface area contributed by atoms with Crippen molar-refractivity contribution in [2.24, 2.45) is 11.5 Å². The molecule has 0 aliphatic carbocycles. The van der Waals surface area contributed by atoms with Crippen molar-refractivity contribution in [2.75, 3.05) is 38.0 Å². The van der Waals surface area contributed by atoms with Crippen LogP contribution >= 0.6 is 0 Å². The monoisotopic (exact) mass is 658 g/mol. The van der Waals surface area contributed by atoms with Crippen molar-refractivity contribution in [2.45, 2.75) is 52.2 Å². The Kier molecular flexibility index (Phi) is 8.90. The number of primary amides is 2. The lowest BCUT2D eigenvalue weighted by molar-refractivity contribution is 0.0991. The minimum atomic E-state index is -0.614. The Morgan fingerprint density at radius 3 is 2.44 bits per heavy atom. The molecule has 0 spiro atoms. The third kappa shape index (κ3) is 6.09. The average Bonchev–Trinajstić information content (AvgIpc) is 3.72. The lowest BCUT2D eigenvalue weighted by Crippen LogP contribution is -2.26. The first kappa shape index (κ1) is 32.3. The van der Waals surface area contributed by atoms with Gasteiger partial charge in [0, 0.05) is 44.4 Å². The Morgan fingerprint density at radius 2 is 1.73 bits per heavy atom. The molecule has 0 saturated heterocycles. The van der Waals surface area contributed by atoms with E-state index in [1.165, 1.54) is 0 Å². The molecule has 3 amide bonds. The number of fused-ring (bicyclic) bond motifs is 1. The van der Waals surface area contributed by atoms with E-state index >= 15 is 0 Å². The summed E-state index contributed by atoms with van der Waals surface area (Å²) in [7, 11) is 1.62. The van der Waals surface area contributed by atoms with Gasteiger partial charge in [-0.1, -0.05) is 0 Å². The first-order chi connectivity index (χ1) is 23.1. The van der Waals surface area contributed by atoms with Crippen molar-refractivity contribution in [3.8, 4) is 11.5 Å². The molecule has 16 heteroatoms. The van der Waals surface area contributed by atoms with Gasteiger partial charge in [0.2, 0.25) is 23.7 Å². The summed E-state index contributed by atoms with van der Waals surface area (Å²) in [6, 6.07) is 7.86. The zero-order valence-corrected chi connectivity index (χ0v) is 27.0. The van der Waals surface area contributed by atoms with Crippen LogP contribution < -0.4 is 32.0 Å². The minimum absolute atomic E-state index is 0.239.